The summed E-state index contributed by atoms with van der Waals surface area (Å²) in [7, 11) is 5.40. The largest absolute Gasteiger partial charge is 0.497 e. The third kappa shape index (κ3) is 5.14. The number of hydrogen-bond donors (Lipinski definition) is 0. The molecule has 0 unspecified atom stereocenters. The van der Waals surface area contributed by atoms with E-state index in [1.165, 1.54) is 0 Å². The van der Waals surface area contributed by atoms with Crippen molar-refractivity contribution < 1.29 is 19.0 Å². The van der Waals surface area contributed by atoms with Crippen molar-refractivity contribution in [2.24, 2.45) is 0 Å². The number of methoxy groups -OCH3 is 1. The number of carbonyl (C=O) groups is 1. The summed E-state index contributed by atoms with van der Waals surface area (Å²) in [6.45, 7) is 2.71. The molecule has 0 radical (unpaired) electrons. The van der Waals surface area contributed by atoms with Crippen molar-refractivity contribution in [2.75, 3.05) is 41.0 Å². The van der Waals surface area contributed by atoms with Crippen molar-refractivity contribution in [3.63, 3.8) is 0 Å². The Balaban J connectivity index is 1.53. The number of likely N-dealkylation sites (N-methyl/N-ethyl adjacent to an activating group) is 2. The lowest BCUT2D eigenvalue weighted by molar-refractivity contribution is -0.131. The zero-order valence-corrected chi connectivity index (χ0v) is 16.1. The van der Waals surface area contributed by atoms with E-state index in [2.05, 4.69) is 0 Å². The quantitative estimate of drug-likeness (QED) is 0.750. The van der Waals surface area contributed by atoms with E-state index in [1.807, 2.05) is 61.5 Å². The van der Waals surface area contributed by atoms with Crippen molar-refractivity contribution in [3.05, 3.63) is 53.6 Å². The molecule has 27 heavy (non-hydrogen) atoms. The van der Waals surface area contributed by atoms with Crippen LogP contribution < -0.4 is 14.2 Å². The van der Waals surface area contributed by atoms with E-state index in [9.17, 15) is 4.79 Å². The second kappa shape index (κ2) is 8.77. The summed E-state index contributed by atoms with van der Waals surface area (Å²) in [6.07, 6.45) is 0. The first kappa shape index (κ1) is 19.0. The van der Waals surface area contributed by atoms with Crippen LogP contribution in [0.2, 0.25) is 0 Å². The number of hydrogen-bond acceptors (Lipinski definition) is 5. The second-order valence-electron chi connectivity index (χ2n) is 6.75. The number of benzene rings is 2. The van der Waals surface area contributed by atoms with Crippen LogP contribution in [0.4, 0.5) is 0 Å². The van der Waals surface area contributed by atoms with Gasteiger partial charge in [0.15, 0.2) is 11.5 Å². The molecule has 1 heterocycles. The highest BCUT2D eigenvalue weighted by atomic mass is 16.6. The molecular formula is C21H26N2O4. The number of nitrogens with zero attached hydrogens (tertiary/aromatic N) is 2. The Morgan fingerprint density at radius 3 is 2.52 bits per heavy atom. The Bertz CT molecular complexity index is 794. The Labute approximate surface area is 160 Å². The summed E-state index contributed by atoms with van der Waals surface area (Å²) in [5.74, 6) is 2.41. The summed E-state index contributed by atoms with van der Waals surface area (Å²) in [6, 6.07) is 13.7. The molecule has 0 saturated heterocycles. The Morgan fingerprint density at radius 2 is 1.74 bits per heavy atom. The van der Waals surface area contributed by atoms with Gasteiger partial charge in [-0.25, -0.2) is 0 Å². The van der Waals surface area contributed by atoms with E-state index < -0.39 is 0 Å². The predicted octanol–water partition coefficient (Wildman–Crippen LogP) is 2.56. The number of fused-ring (bicyclic) bond motifs is 1. The normalized spacial score (nSPS) is 12.7. The minimum absolute atomic E-state index is 0.0675. The highest BCUT2D eigenvalue weighted by Gasteiger charge is 2.15. The van der Waals surface area contributed by atoms with Crippen molar-refractivity contribution in [1.29, 1.82) is 0 Å². The van der Waals surface area contributed by atoms with Crippen LogP contribution >= 0.6 is 0 Å². The number of ether oxygens (including phenoxy) is 3. The molecule has 1 aliphatic heterocycles. The summed E-state index contributed by atoms with van der Waals surface area (Å²) in [5, 5.41) is 0. The van der Waals surface area contributed by atoms with Crippen molar-refractivity contribution in [2.45, 2.75) is 13.1 Å². The zero-order chi connectivity index (χ0) is 19.2. The molecule has 0 N–H and O–H groups in total. The van der Waals surface area contributed by atoms with Gasteiger partial charge in [0.1, 0.15) is 19.0 Å². The van der Waals surface area contributed by atoms with Crippen LogP contribution in [0.3, 0.4) is 0 Å². The van der Waals surface area contributed by atoms with E-state index in [0.717, 1.165) is 28.4 Å². The molecule has 2 aromatic carbocycles. The first-order valence-corrected chi connectivity index (χ1v) is 8.99. The van der Waals surface area contributed by atoms with Gasteiger partial charge in [0.2, 0.25) is 5.91 Å². The molecule has 0 aromatic heterocycles. The molecular weight excluding hydrogens is 344 g/mol. The molecule has 0 bridgehead atoms. The third-order valence-corrected chi connectivity index (χ3v) is 4.44. The minimum Gasteiger partial charge on any atom is -0.497 e. The van der Waals surface area contributed by atoms with Gasteiger partial charge in [-0.3, -0.25) is 9.69 Å². The van der Waals surface area contributed by atoms with E-state index in [1.54, 1.807) is 12.0 Å². The first-order chi connectivity index (χ1) is 13.0. The van der Waals surface area contributed by atoms with Crippen LogP contribution in [0.25, 0.3) is 0 Å². The highest BCUT2D eigenvalue weighted by Crippen LogP contribution is 2.31. The number of amides is 1. The monoisotopic (exact) mass is 370 g/mol. The fourth-order valence-electron chi connectivity index (χ4n) is 3.04. The molecule has 6 heteroatoms. The standard InChI is InChI=1S/C21H26N2O4/c1-22(13-17-7-8-19-20(12-17)27-10-9-26-19)15-21(24)23(2)14-16-5-4-6-18(11-16)25-3/h4-8,11-12H,9-10,13-15H2,1-3H3. The van der Waals surface area contributed by atoms with Crippen LogP contribution in [0.1, 0.15) is 11.1 Å². The van der Waals surface area contributed by atoms with Gasteiger partial charge in [-0.1, -0.05) is 18.2 Å². The van der Waals surface area contributed by atoms with Gasteiger partial charge in [0.25, 0.3) is 0 Å². The molecule has 0 atom stereocenters. The smallest absolute Gasteiger partial charge is 0.236 e. The summed E-state index contributed by atoms with van der Waals surface area (Å²) in [5.41, 5.74) is 2.13. The summed E-state index contributed by atoms with van der Waals surface area (Å²) < 4.78 is 16.4. The first-order valence-electron chi connectivity index (χ1n) is 8.99. The molecule has 0 aliphatic carbocycles. The predicted molar refractivity (Wildman–Crippen MR) is 103 cm³/mol. The highest BCUT2D eigenvalue weighted by molar-refractivity contribution is 5.78. The molecule has 3 rings (SSSR count). The fraction of sp³-hybridized carbons (Fsp3) is 0.381. The lowest BCUT2D eigenvalue weighted by atomic mass is 10.2. The molecule has 1 amide bonds. The van der Waals surface area contributed by atoms with Crippen molar-refractivity contribution >= 4 is 5.91 Å². The molecule has 0 fully saturated rings. The van der Waals surface area contributed by atoms with E-state index in [4.69, 9.17) is 14.2 Å². The Hall–Kier alpha value is -2.73. The van der Waals surface area contributed by atoms with Crippen molar-refractivity contribution in [1.82, 2.24) is 9.80 Å². The van der Waals surface area contributed by atoms with Gasteiger partial charge in [-0.2, -0.15) is 0 Å². The van der Waals surface area contributed by atoms with E-state index in [-0.39, 0.29) is 5.91 Å². The van der Waals surface area contributed by atoms with Gasteiger partial charge >= 0.3 is 0 Å². The van der Waals surface area contributed by atoms with Gasteiger partial charge in [0, 0.05) is 20.1 Å². The third-order valence-electron chi connectivity index (χ3n) is 4.44. The van der Waals surface area contributed by atoms with Crippen LogP contribution in [0.15, 0.2) is 42.5 Å². The zero-order valence-electron chi connectivity index (χ0n) is 16.1. The fourth-order valence-corrected chi connectivity index (χ4v) is 3.04. The SMILES string of the molecule is COc1cccc(CN(C)C(=O)CN(C)Cc2ccc3c(c2)OCCO3)c1. The van der Waals surface area contributed by atoms with E-state index >= 15 is 0 Å². The number of rotatable bonds is 7. The lowest BCUT2D eigenvalue weighted by Gasteiger charge is -2.23. The van der Waals surface area contributed by atoms with Crippen LogP contribution in [0, 0.1) is 0 Å². The maximum Gasteiger partial charge on any atom is 0.236 e. The molecule has 2 aromatic rings. The average Bonchev–Trinajstić information content (AvgIpc) is 2.67. The molecule has 0 saturated carbocycles. The van der Waals surface area contributed by atoms with Crippen LogP contribution in [0.5, 0.6) is 17.2 Å². The van der Waals surface area contributed by atoms with Gasteiger partial charge in [-0.15, -0.1) is 0 Å². The lowest BCUT2D eigenvalue weighted by Crippen LogP contribution is -2.36. The maximum absolute atomic E-state index is 12.5. The summed E-state index contributed by atoms with van der Waals surface area (Å²) in [4.78, 5) is 16.3. The van der Waals surface area contributed by atoms with Gasteiger partial charge in [-0.05, 0) is 42.4 Å². The molecule has 1 aliphatic rings. The Morgan fingerprint density at radius 1 is 1.00 bits per heavy atom. The average molecular weight is 370 g/mol. The van der Waals surface area contributed by atoms with Crippen LogP contribution in [-0.2, 0) is 17.9 Å². The summed E-state index contributed by atoms with van der Waals surface area (Å²) >= 11 is 0. The van der Waals surface area contributed by atoms with E-state index in [0.29, 0.717) is 32.8 Å². The van der Waals surface area contributed by atoms with Gasteiger partial charge in [0.05, 0.1) is 13.7 Å². The van der Waals surface area contributed by atoms with Crippen LogP contribution in [-0.4, -0.2) is 56.7 Å². The molecule has 6 nitrogen and oxygen atoms in total. The number of carbonyl (C=O) groups excluding carboxylic acids is 1. The minimum atomic E-state index is 0.0675. The van der Waals surface area contributed by atoms with Gasteiger partial charge < -0.3 is 19.1 Å². The van der Waals surface area contributed by atoms with Crippen molar-refractivity contribution in [3.8, 4) is 17.2 Å². The molecule has 144 valence electrons. The molecule has 0 spiro atoms. The Kier molecular flexibility index (Phi) is 6.19. The second-order valence-corrected chi connectivity index (χ2v) is 6.75. The maximum atomic E-state index is 12.5. The topological polar surface area (TPSA) is 51.2 Å².